The first kappa shape index (κ1) is 11.1. The van der Waals surface area contributed by atoms with E-state index in [0.29, 0.717) is 0 Å². The molecule has 0 aliphatic carbocycles. The van der Waals surface area contributed by atoms with E-state index in [1.165, 1.54) is 0 Å². The summed E-state index contributed by atoms with van der Waals surface area (Å²) in [5.41, 5.74) is -0.392. The average Bonchev–Trinajstić information content (AvgIpc) is 2.17. The van der Waals surface area contributed by atoms with E-state index >= 15 is 0 Å². The van der Waals surface area contributed by atoms with Gasteiger partial charge in [-0.1, -0.05) is 0 Å². The fourth-order valence-electron chi connectivity index (χ4n) is 0.842. The van der Waals surface area contributed by atoms with Crippen LogP contribution in [0.25, 0.3) is 0 Å². The van der Waals surface area contributed by atoms with E-state index in [4.69, 9.17) is 9.84 Å². The molecule has 6 heteroatoms. The molecule has 0 atom stereocenters. The Labute approximate surface area is 85.9 Å². The van der Waals surface area contributed by atoms with Crippen LogP contribution in [0.15, 0.2) is 12.4 Å². The smallest absolute Gasteiger partial charge is 0.358 e. The summed E-state index contributed by atoms with van der Waals surface area (Å²) in [7, 11) is 0. The predicted octanol–water partition coefficient (Wildman–Crippen LogP) is 0.740. The largest absolute Gasteiger partial charge is 0.476 e. The minimum absolute atomic E-state index is 0.108. The highest BCUT2D eigenvalue weighted by Crippen LogP contribution is 2.01. The third kappa shape index (κ3) is 3.01. The molecular formula is C9H10N2O4. The molecule has 0 aliphatic rings. The Morgan fingerprint density at radius 1 is 1.33 bits per heavy atom. The normalized spacial score (nSPS) is 10.1. The lowest BCUT2D eigenvalue weighted by atomic mass is 10.4. The first-order valence-electron chi connectivity index (χ1n) is 4.27. The molecule has 0 fully saturated rings. The molecule has 0 aromatic carbocycles. The van der Waals surface area contributed by atoms with Gasteiger partial charge in [-0.25, -0.2) is 14.6 Å². The number of carboxylic acid groups (broad SMARTS) is 1. The second-order valence-electron chi connectivity index (χ2n) is 3.05. The molecule has 1 aromatic rings. The maximum atomic E-state index is 11.3. The average molecular weight is 210 g/mol. The summed E-state index contributed by atoms with van der Waals surface area (Å²) in [6.45, 7) is 3.37. The van der Waals surface area contributed by atoms with Crippen LogP contribution in [0.1, 0.15) is 34.8 Å². The monoisotopic (exact) mass is 210 g/mol. The van der Waals surface area contributed by atoms with Gasteiger partial charge < -0.3 is 9.84 Å². The number of aromatic nitrogens is 2. The predicted molar refractivity (Wildman–Crippen MR) is 49.5 cm³/mol. The summed E-state index contributed by atoms with van der Waals surface area (Å²) >= 11 is 0. The van der Waals surface area contributed by atoms with E-state index in [1.54, 1.807) is 13.8 Å². The number of ether oxygens (including phenoxy) is 1. The van der Waals surface area contributed by atoms with Gasteiger partial charge in [0.2, 0.25) is 0 Å². The van der Waals surface area contributed by atoms with Crippen LogP contribution in [0.2, 0.25) is 0 Å². The molecule has 1 aromatic heterocycles. The van der Waals surface area contributed by atoms with E-state index < -0.39 is 11.9 Å². The van der Waals surface area contributed by atoms with Crippen LogP contribution in [0, 0.1) is 0 Å². The molecule has 1 rings (SSSR count). The Hall–Kier alpha value is -1.98. The lowest BCUT2D eigenvalue weighted by Gasteiger charge is -2.06. The summed E-state index contributed by atoms with van der Waals surface area (Å²) in [5, 5.41) is 8.62. The van der Waals surface area contributed by atoms with Gasteiger partial charge in [0, 0.05) is 0 Å². The molecule has 0 unspecified atom stereocenters. The van der Waals surface area contributed by atoms with Gasteiger partial charge in [0.1, 0.15) is 0 Å². The quantitative estimate of drug-likeness (QED) is 0.740. The van der Waals surface area contributed by atoms with Gasteiger partial charge in [0.15, 0.2) is 11.4 Å². The number of aromatic carboxylic acids is 1. The number of carboxylic acids is 1. The molecule has 6 nitrogen and oxygen atoms in total. The Morgan fingerprint density at radius 3 is 2.47 bits per heavy atom. The van der Waals surface area contributed by atoms with Gasteiger partial charge in [-0.3, -0.25) is 4.98 Å². The van der Waals surface area contributed by atoms with Crippen LogP contribution < -0.4 is 0 Å². The SMILES string of the molecule is CC(C)OC(=O)c1cncc(C(=O)O)n1. The van der Waals surface area contributed by atoms with Gasteiger partial charge in [-0.05, 0) is 13.8 Å². The standard InChI is InChI=1S/C9H10N2O4/c1-5(2)15-9(14)7-4-10-3-6(11-7)8(12)13/h3-5H,1-2H3,(H,12,13). The summed E-state index contributed by atoms with van der Waals surface area (Å²) in [6.07, 6.45) is 1.94. The maximum absolute atomic E-state index is 11.3. The van der Waals surface area contributed by atoms with Gasteiger partial charge >= 0.3 is 11.9 Å². The van der Waals surface area contributed by atoms with Crippen LogP contribution >= 0.6 is 0 Å². The van der Waals surface area contributed by atoms with Crippen molar-refractivity contribution < 1.29 is 19.4 Å². The Bertz CT molecular complexity index is 389. The van der Waals surface area contributed by atoms with Gasteiger partial charge in [-0.15, -0.1) is 0 Å². The zero-order valence-corrected chi connectivity index (χ0v) is 8.30. The second kappa shape index (κ2) is 4.50. The molecule has 0 spiro atoms. The number of carbonyl (C=O) groups is 2. The van der Waals surface area contributed by atoms with Crippen molar-refractivity contribution >= 4 is 11.9 Å². The van der Waals surface area contributed by atoms with Crippen LogP contribution in [-0.4, -0.2) is 33.1 Å². The van der Waals surface area contributed by atoms with Crippen LogP contribution in [-0.2, 0) is 4.74 Å². The van der Waals surface area contributed by atoms with Crippen molar-refractivity contribution in [2.24, 2.45) is 0 Å². The van der Waals surface area contributed by atoms with E-state index in [0.717, 1.165) is 12.4 Å². The fraction of sp³-hybridized carbons (Fsp3) is 0.333. The maximum Gasteiger partial charge on any atom is 0.358 e. The zero-order valence-electron chi connectivity index (χ0n) is 8.30. The molecule has 0 saturated carbocycles. The van der Waals surface area contributed by atoms with Gasteiger partial charge in [-0.2, -0.15) is 0 Å². The molecule has 15 heavy (non-hydrogen) atoms. The van der Waals surface area contributed by atoms with Crippen molar-refractivity contribution in [3.05, 3.63) is 23.8 Å². The van der Waals surface area contributed by atoms with Crippen molar-refractivity contribution in [2.45, 2.75) is 20.0 Å². The molecule has 80 valence electrons. The summed E-state index contributed by atoms with van der Waals surface area (Å²) in [4.78, 5) is 29.0. The van der Waals surface area contributed by atoms with Crippen molar-refractivity contribution in [3.63, 3.8) is 0 Å². The van der Waals surface area contributed by atoms with Gasteiger partial charge in [0.05, 0.1) is 18.5 Å². The van der Waals surface area contributed by atoms with Crippen molar-refractivity contribution in [1.82, 2.24) is 9.97 Å². The molecule has 0 bridgehead atoms. The molecule has 1 heterocycles. The van der Waals surface area contributed by atoms with E-state index in [1.807, 2.05) is 0 Å². The van der Waals surface area contributed by atoms with Crippen molar-refractivity contribution in [1.29, 1.82) is 0 Å². The van der Waals surface area contributed by atoms with Crippen LogP contribution in [0.5, 0.6) is 0 Å². The van der Waals surface area contributed by atoms with E-state index in [-0.39, 0.29) is 17.5 Å². The number of hydrogen-bond donors (Lipinski definition) is 1. The molecule has 0 aliphatic heterocycles. The second-order valence-corrected chi connectivity index (χ2v) is 3.05. The number of rotatable bonds is 3. The number of esters is 1. The molecule has 1 N–H and O–H groups in total. The Kier molecular flexibility index (Phi) is 3.33. The van der Waals surface area contributed by atoms with Crippen LogP contribution in [0.4, 0.5) is 0 Å². The van der Waals surface area contributed by atoms with E-state index in [2.05, 4.69) is 9.97 Å². The first-order valence-corrected chi connectivity index (χ1v) is 4.27. The Morgan fingerprint density at radius 2 is 1.93 bits per heavy atom. The topological polar surface area (TPSA) is 89.4 Å². The number of carbonyl (C=O) groups excluding carboxylic acids is 1. The number of nitrogens with zero attached hydrogens (tertiary/aromatic N) is 2. The van der Waals surface area contributed by atoms with Crippen LogP contribution in [0.3, 0.4) is 0 Å². The lowest BCUT2D eigenvalue weighted by Crippen LogP contribution is -2.15. The van der Waals surface area contributed by atoms with Gasteiger partial charge in [0.25, 0.3) is 0 Å². The Balaban J connectivity index is 2.90. The molecule has 0 saturated heterocycles. The molecule has 0 radical (unpaired) electrons. The third-order valence-electron chi connectivity index (χ3n) is 1.41. The van der Waals surface area contributed by atoms with Crippen molar-refractivity contribution in [2.75, 3.05) is 0 Å². The van der Waals surface area contributed by atoms with Crippen molar-refractivity contribution in [3.8, 4) is 0 Å². The lowest BCUT2D eigenvalue weighted by molar-refractivity contribution is 0.0370. The first-order chi connectivity index (χ1) is 7.00. The zero-order chi connectivity index (χ0) is 11.4. The highest BCUT2D eigenvalue weighted by Gasteiger charge is 2.14. The summed E-state index contributed by atoms with van der Waals surface area (Å²) < 4.78 is 4.84. The number of hydrogen-bond acceptors (Lipinski definition) is 5. The molecular weight excluding hydrogens is 200 g/mol. The third-order valence-corrected chi connectivity index (χ3v) is 1.41. The molecule has 0 amide bonds. The minimum Gasteiger partial charge on any atom is -0.476 e. The summed E-state index contributed by atoms with van der Waals surface area (Å²) in [5.74, 6) is -1.91. The van der Waals surface area contributed by atoms with E-state index in [9.17, 15) is 9.59 Å². The highest BCUT2D eigenvalue weighted by atomic mass is 16.5. The summed E-state index contributed by atoms with van der Waals surface area (Å²) in [6, 6.07) is 0. The highest BCUT2D eigenvalue weighted by molar-refractivity contribution is 5.90. The fourth-order valence-corrected chi connectivity index (χ4v) is 0.842. The minimum atomic E-state index is -1.23.